The van der Waals surface area contributed by atoms with Gasteiger partial charge in [-0.2, -0.15) is 0 Å². The number of sulfonamides is 1. The summed E-state index contributed by atoms with van der Waals surface area (Å²) in [7, 11) is -2.48. The van der Waals surface area contributed by atoms with E-state index >= 15 is 0 Å². The second kappa shape index (κ2) is 5.57. The molecule has 2 rings (SSSR count). The van der Waals surface area contributed by atoms with Crippen LogP contribution in [-0.4, -0.2) is 26.5 Å². The number of nitrogens with zero attached hydrogens (tertiary/aromatic N) is 1. The van der Waals surface area contributed by atoms with E-state index in [1.165, 1.54) is 25.4 Å². The lowest BCUT2D eigenvalue weighted by Crippen LogP contribution is -2.12. The number of thiazole rings is 1. The van der Waals surface area contributed by atoms with E-state index in [4.69, 9.17) is 5.14 Å². The molecule has 0 fully saturated rings. The van der Waals surface area contributed by atoms with Gasteiger partial charge in [-0.15, -0.1) is 0 Å². The van der Waals surface area contributed by atoms with Gasteiger partial charge in [-0.25, -0.2) is 23.3 Å². The Labute approximate surface area is 119 Å². The minimum atomic E-state index is -3.76. The molecule has 7 nitrogen and oxygen atoms in total. The van der Waals surface area contributed by atoms with Crippen molar-refractivity contribution < 1.29 is 17.9 Å². The monoisotopic (exact) mass is 313 g/mol. The summed E-state index contributed by atoms with van der Waals surface area (Å²) in [4.78, 5) is 15.6. The standard InChI is InChI=1S/C11H11N3O4S2/c1-18-10(15)9-6-13-11(19-9)14-7-3-2-4-8(5-7)20(12,16)17/h2-6H,1H3,(H,13,14)(H2,12,16,17). The van der Waals surface area contributed by atoms with Crippen LogP contribution in [0.4, 0.5) is 10.8 Å². The number of carbonyl (C=O) groups is 1. The van der Waals surface area contributed by atoms with E-state index in [2.05, 4.69) is 15.0 Å². The van der Waals surface area contributed by atoms with E-state index in [9.17, 15) is 13.2 Å². The smallest absolute Gasteiger partial charge is 0.349 e. The molecule has 0 aliphatic rings. The van der Waals surface area contributed by atoms with Crippen LogP contribution < -0.4 is 10.5 Å². The first-order valence-corrected chi connectivity index (χ1v) is 7.70. The van der Waals surface area contributed by atoms with E-state index in [0.29, 0.717) is 15.7 Å². The molecule has 9 heteroatoms. The van der Waals surface area contributed by atoms with Crippen molar-refractivity contribution in [1.29, 1.82) is 0 Å². The van der Waals surface area contributed by atoms with E-state index in [1.54, 1.807) is 12.1 Å². The van der Waals surface area contributed by atoms with Crippen LogP contribution in [0.3, 0.4) is 0 Å². The summed E-state index contributed by atoms with van der Waals surface area (Å²) in [6.07, 6.45) is 1.38. The zero-order valence-corrected chi connectivity index (χ0v) is 12.0. The van der Waals surface area contributed by atoms with Crippen molar-refractivity contribution in [2.24, 2.45) is 5.14 Å². The van der Waals surface area contributed by atoms with Crippen molar-refractivity contribution in [3.8, 4) is 0 Å². The molecule has 0 spiro atoms. The molecule has 0 amide bonds. The Kier molecular flexibility index (Phi) is 4.02. The number of rotatable bonds is 4. The van der Waals surface area contributed by atoms with Gasteiger partial charge < -0.3 is 10.1 Å². The molecule has 20 heavy (non-hydrogen) atoms. The number of hydrogen-bond acceptors (Lipinski definition) is 7. The molecule has 0 aliphatic heterocycles. The third kappa shape index (κ3) is 3.32. The van der Waals surface area contributed by atoms with Crippen LogP contribution in [0.5, 0.6) is 0 Å². The zero-order valence-electron chi connectivity index (χ0n) is 10.4. The summed E-state index contributed by atoms with van der Waals surface area (Å²) in [6.45, 7) is 0. The van der Waals surface area contributed by atoms with Gasteiger partial charge in [0.25, 0.3) is 0 Å². The summed E-state index contributed by atoms with van der Waals surface area (Å²) in [5, 5.41) is 8.39. The number of nitrogens with two attached hydrogens (primary N) is 1. The van der Waals surface area contributed by atoms with E-state index < -0.39 is 16.0 Å². The van der Waals surface area contributed by atoms with E-state index in [0.717, 1.165) is 11.3 Å². The predicted octanol–water partition coefficient (Wildman–Crippen LogP) is 1.32. The zero-order chi connectivity index (χ0) is 14.8. The van der Waals surface area contributed by atoms with Crippen LogP contribution in [0.25, 0.3) is 0 Å². The average molecular weight is 313 g/mol. The number of primary sulfonamides is 1. The Morgan fingerprint density at radius 1 is 1.45 bits per heavy atom. The summed E-state index contributed by atoms with van der Waals surface area (Å²) in [5.74, 6) is -0.478. The van der Waals surface area contributed by atoms with Crippen molar-refractivity contribution in [3.05, 3.63) is 35.3 Å². The summed E-state index contributed by atoms with van der Waals surface area (Å²) in [5.41, 5.74) is 0.502. The third-order valence-corrected chi connectivity index (χ3v) is 4.11. The van der Waals surface area contributed by atoms with Crippen molar-refractivity contribution in [2.75, 3.05) is 12.4 Å². The van der Waals surface area contributed by atoms with Crippen LogP contribution in [0, 0.1) is 0 Å². The molecule has 0 saturated carbocycles. The summed E-state index contributed by atoms with van der Waals surface area (Å²) >= 11 is 1.10. The number of hydrogen-bond donors (Lipinski definition) is 2. The van der Waals surface area contributed by atoms with Gasteiger partial charge >= 0.3 is 5.97 Å². The molecular formula is C11H11N3O4S2. The van der Waals surface area contributed by atoms with E-state index in [1.807, 2.05) is 0 Å². The lowest BCUT2D eigenvalue weighted by Gasteiger charge is -2.04. The first-order valence-electron chi connectivity index (χ1n) is 5.34. The predicted molar refractivity (Wildman–Crippen MR) is 74.6 cm³/mol. The fourth-order valence-electron chi connectivity index (χ4n) is 1.40. The van der Waals surface area contributed by atoms with Gasteiger partial charge in [0.2, 0.25) is 10.0 Å². The van der Waals surface area contributed by atoms with Gasteiger partial charge in [-0.3, -0.25) is 0 Å². The van der Waals surface area contributed by atoms with Crippen molar-refractivity contribution in [1.82, 2.24) is 4.98 Å². The molecule has 0 bridgehead atoms. The number of methoxy groups -OCH3 is 1. The molecule has 0 saturated heterocycles. The SMILES string of the molecule is COC(=O)c1cnc(Nc2cccc(S(N)(=O)=O)c2)s1. The Morgan fingerprint density at radius 2 is 2.20 bits per heavy atom. The number of benzene rings is 1. The Balaban J connectivity index is 2.22. The molecule has 3 N–H and O–H groups in total. The van der Waals surface area contributed by atoms with Gasteiger partial charge in [-0.1, -0.05) is 17.4 Å². The Hall–Kier alpha value is -1.97. The number of ether oxygens (including phenoxy) is 1. The highest BCUT2D eigenvalue weighted by Gasteiger charge is 2.12. The van der Waals surface area contributed by atoms with E-state index in [-0.39, 0.29) is 4.90 Å². The van der Waals surface area contributed by atoms with Crippen LogP contribution in [0.15, 0.2) is 35.4 Å². The lowest BCUT2D eigenvalue weighted by atomic mass is 10.3. The van der Waals surface area contributed by atoms with Crippen molar-refractivity contribution in [3.63, 3.8) is 0 Å². The first kappa shape index (κ1) is 14.4. The maximum absolute atomic E-state index is 11.3. The molecule has 106 valence electrons. The summed E-state index contributed by atoms with van der Waals surface area (Å²) in [6, 6.07) is 5.99. The normalized spacial score (nSPS) is 11.1. The van der Waals surface area contributed by atoms with Crippen LogP contribution in [0.2, 0.25) is 0 Å². The molecule has 1 heterocycles. The molecule has 0 radical (unpaired) electrons. The molecule has 1 aromatic heterocycles. The highest BCUT2D eigenvalue weighted by atomic mass is 32.2. The third-order valence-electron chi connectivity index (χ3n) is 2.31. The molecule has 0 aliphatic carbocycles. The highest BCUT2D eigenvalue weighted by molar-refractivity contribution is 7.89. The first-order chi connectivity index (χ1) is 9.40. The average Bonchev–Trinajstić information content (AvgIpc) is 2.85. The van der Waals surface area contributed by atoms with Crippen molar-refractivity contribution in [2.45, 2.75) is 4.90 Å². The molecule has 0 unspecified atom stereocenters. The van der Waals surface area contributed by atoms with Crippen LogP contribution in [0.1, 0.15) is 9.67 Å². The summed E-state index contributed by atoms with van der Waals surface area (Å²) < 4.78 is 27.1. The number of aromatic nitrogens is 1. The molecule has 0 atom stereocenters. The second-order valence-corrected chi connectivity index (χ2v) is 6.31. The lowest BCUT2D eigenvalue weighted by molar-refractivity contribution is 0.0606. The number of anilines is 2. The van der Waals surface area contributed by atoms with Gasteiger partial charge in [0, 0.05) is 5.69 Å². The minimum Gasteiger partial charge on any atom is -0.465 e. The molecule has 1 aromatic carbocycles. The Bertz CT molecular complexity index is 740. The quantitative estimate of drug-likeness (QED) is 0.823. The number of carbonyl (C=O) groups excluding carboxylic acids is 1. The van der Waals surface area contributed by atoms with Gasteiger partial charge in [0.15, 0.2) is 5.13 Å². The van der Waals surface area contributed by atoms with Crippen LogP contribution in [-0.2, 0) is 14.8 Å². The minimum absolute atomic E-state index is 0.00718. The Morgan fingerprint density at radius 3 is 2.85 bits per heavy atom. The second-order valence-electron chi connectivity index (χ2n) is 3.72. The van der Waals surface area contributed by atoms with Crippen LogP contribution >= 0.6 is 11.3 Å². The van der Waals surface area contributed by atoms with Gasteiger partial charge in [0.05, 0.1) is 18.2 Å². The molecule has 2 aromatic rings. The highest BCUT2D eigenvalue weighted by Crippen LogP contribution is 2.24. The van der Waals surface area contributed by atoms with Gasteiger partial charge in [-0.05, 0) is 18.2 Å². The van der Waals surface area contributed by atoms with Crippen molar-refractivity contribution >= 4 is 38.1 Å². The fourth-order valence-corrected chi connectivity index (χ4v) is 2.72. The maximum atomic E-state index is 11.3. The largest absolute Gasteiger partial charge is 0.465 e. The number of nitrogens with one attached hydrogen (secondary N) is 1. The topological polar surface area (TPSA) is 111 Å². The fraction of sp³-hybridized carbons (Fsp3) is 0.0909. The van der Waals surface area contributed by atoms with Gasteiger partial charge in [0.1, 0.15) is 4.88 Å². The number of esters is 1. The molecular weight excluding hydrogens is 302 g/mol. The maximum Gasteiger partial charge on any atom is 0.349 e.